The van der Waals surface area contributed by atoms with Crippen molar-refractivity contribution < 1.29 is 9.59 Å². The molecule has 0 aromatic heterocycles. The van der Waals surface area contributed by atoms with Crippen molar-refractivity contribution in [3.8, 4) is 0 Å². The van der Waals surface area contributed by atoms with Gasteiger partial charge < -0.3 is 10.6 Å². The Hall–Kier alpha value is -1.59. The van der Waals surface area contributed by atoms with E-state index in [4.69, 9.17) is 11.6 Å². The lowest BCUT2D eigenvalue weighted by Gasteiger charge is -2.22. The average Bonchev–Trinajstić information content (AvgIpc) is 2.94. The van der Waals surface area contributed by atoms with Crippen molar-refractivity contribution in [2.75, 3.05) is 25.0 Å². The predicted molar refractivity (Wildman–Crippen MR) is 83.4 cm³/mol. The molecule has 1 aliphatic rings. The van der Waals surface area contributed by atoms with Crippen LogP contribution in [0.15, 0.2) is 24.3 Å². The van der Waals surface area contributed by atoms with Crippen LogP contribution in [0.5, 0.6) is 0 Å². The number of benzene rings is 1. The maximum atomic E-state index is 11.8. The lowest BCUT2D eigenvalue weighted by molar-refractivity contribution is -0.136. The van der Waals surface area contributed by atoms with Crippen LogP contribution < -0.4 is 10.6 Å². The topological polar surface area (TPSA) is 61.4 Å². The highest BCUT2D eigenvalue weighted by atomic mass is 35.5. The van der Waals surface area contributed by atoms with E-state index in [1.165, 1.54) is 0 Å². The van der Waals surface area contributed by atoms with Gasteiger partial charge in [0.1, 0.15) is 0 Å². The molecule has 0 saturated carbocycles. The Bertz CT molecular complexity index is 504. The predicted octanol–water partition coefficient (Wildman–Crippen LogP) is 1.88. The summed E-state index contributed by atoms with van der Waals surface area (Å²) in [5.74, 6) is -1.26. The van der Waals surface area contributed by atoms with Crippen LogP contribution in [0.3, 0.4) is 0 Å². The van der Waals surface area contributed by atoms with E-state index >= 15 is 0 Å². The van der Waals surface area contributed by atoms with Gasteiger partial charge in [-0.3, -0.25) is 14.5 Å². The zero-order valence-electron chi connectivity index (χ0n) is 12.1. The van der Waals surface area contributed by atoms with Crippen molar-refractivity contribution in [2.24, 2.45) is 0 Å². The number of carbonyl (C=O) groups excluding carboxylic acids is 2. The lowest BCUT2D eigenvalue weighted by Crippen LogP contribution is -2.43. The van der Waals surface area contributed by atoms with Crippen molar-refractivity contribution >= 4 is 29.1 Å². The number of nitrogens with one attached hydrogen (secondary N) is 2. The first-order valence-electron chi connectivity index (χ1n) is 7.19. The summed E-state index contributed by atoms with van der Waals surface area (Å²) < 4.78 is 0. The molecular formula is C15H20ClN3O2. The molecule has 1 aliphatic heterocycles. The van der Waals surface area contributed by atoms with Gasteiger partial charge >= 0.3 is 11.8 Å². The second kappa shape index (κ2) is 7.43. The van der Waals surface area contributed by atoms with Crippen molar-refractivity contribution in [3.63, 3.8) is 0 Å². The molecule has 2 amide bonds. The Balaban J connectivity index is 1.80. The molecule has 5 nitrogen and oxygen atoms in total. The molecule has 0 unspecified atom stereocenters. The quantitative estimate of drug-likeness (QED) is 0.835. The molecule has 2 rings (SSSR count). The fourth-order valence-electron chi connectivity index (χ4n) is 2.55. The van der Waals surface area contributed by atoms with Crippen LogP contribution in [-0.4, -0.2) is 42.4 Å². The summed E-state index contributed by atoms with van der Waals surface area (Å²) in [7, 11) is 0. The van der Waals surface area contributed by atoms with E-state index in [-0.39, 0.29) is 0 Å². The Morgan fingerprint density at radius 1 is 1.29 bits per heavy atom. The van der Waals surface area contributed by atoms with Gasteiger partial charge in [0.2, 0.25) is 0 Å². The van der Waals surface area contributed by atoms with Crippen molar-refractivity contribution in [3.05, 3.63) is 29.3 Å². The van der Waals surface area contributed by atoms with E-state index in [9.17, 15) is 9.59 Å². The zero-order valence-corrected chi connectivity index (χ0v) is 12.8. The van der Waals surface area contributed by atoms with Crippen LogP contribution in [0, 0.1) is 0 Å². The molecule has 0 spiro atoms. The number of amides is 2. The molecule has 21 heavy (non-hydrogen) atoms. The van der Waals surface area contributed by atoms with Gasteiger partial charge in [-0.25, -0.2) is 0 Å². The molecule has 1 aromatic rings. The van der Waals surface area contributed by atoms with E-state index in [2.05, 4.69) is 22.5 Å². The Morgan fingerprint density at radius 3 is 2.67 bits per heavy atom. The second-order valence-electron chi connectivity index (χ2n) is 5.10. The first-order chi connectivity index (χ1) is 10.1. The molecule has 0 bridgehead atoms. The highest BCUT2D eigenvalue weighted by Gasteiger charge is 2.24. The van der Waals surface area contributed by atoms with Gasteiger partial charge in [-0.05, 0) is 50.2 Å². The standard InChI is InChI=1S/C15H20ClN3O2/c1-2-19-9-3-4-13(19)10-17-14(20)15(21)18-12-7-5-11(16)6-8-12/h5-8,13H,2-4,9-10H2,1H3,(H,17,20)(H,18,21)/t13-/m1/s1. The minimum absolute atomic E-state index is 0.335. The summed E-state index contributed by atoms with van der Waals surface area (Å²) in [4.78, 5) is 25.9. The number of hydrogen-bond donors (Lipinski definition) is 2. The molecule has 1 atom stereocenters. The second-order valence-corrected chi connectivity index (χ2v) is 5.53. The molecule has 1 aromatic carbocycles. The minimum Gasteiger partial charge on any atom is -0.346 e. The molecule has 1 saturated heterocycles. The van der Waals surface area contributed by atoms with Crippen LogP contribution >= 0.6 is 11.6 Å². The van der Waals surface area contributed by atoms with Crippen LogP contribution in [0.2, 0.25) is 5.02 Å². The van der Waals surface area contributed by atoms with Gasteiger partial charge in [-0.2, -0.15) is 0 Å². The number of anilines is 1. The summed E-state index contributed by atoms with van der Waals surface area (Å²) in [6.45, 7) is 4.65. The number of likely N-dealkylation sites (tertiary alicyclic amines) is 1. The van der Waals surface area contributed by atoms with Crippen LogP contribution in [0.1, 0.15) is 19.8 Å². The van der Waals surface area contributed by atoms with E-state index in [1.54, 1.807) is 24.3 Å². The monoisotopic (exact) mass is 309 g/mol. The normalized spacial score (nSPS) is 18.5. The number of likely N-dealkylation sites (N-methyl/N-ethyl adjacent to an activating group) is 1. The molecule has 2 N–H and O–H groups in total. The Kier molecular flexibility index (Phi) is 5.59. The van der Waals surface area contributed by atoms with E-state index in [1.807, 2.05) is 0 Å². The van der Waals surface area contributed by atoms with Gasteiger partial charge in [0.05, 0.1) is 0 Å². The summed E-state index contributed by atoms with van der Waals surface area (Å²) >= 11 is 5.76. The molecule has 0 aliphatic carbocycles. The van der Waals surface area contributed by atoms with E-state index in [0.29, 0.717) is 23.3 Å². The smallest absolute Gasteiger partial charge is 0.313 e. The number of carbonyl (C=O) groups is 2. The van der Waals surface area contributed by atoms with Gasteiger partial charge in [0.15, 0.2) is 0 Å². The maximum absolute atomic E-state index is 11.8. The van der Waals surface area contributed by atoms with Crippen LogP contribution in [-0.2, 0) is 9.59 Å². The molecule has 114 valence electrons. The molecule has 1 heterocycles. The Labute approximate surface area is 129 Å². The highest BCUT2D eigenvalue weighted by molar-refractivity contribution is 6.39. The molecular weight excluding hydrogens is 290 g/mol. The third kappa shape index (κ3) is 4.44. The van der Waals surface area contributed by atoms with E-state index in [0.717, 1.165) is 25.9 Å². The van der Waals surface area contributed by atoms with Gasteiger partial charge in [-0.1, -0.05) is 18.5 Å². The molecule has 0 radical (unpaired) electrons. The third-order valence-electron chi connectivity index (χ3n) is 3.71. The first-order valence-corrected chi connectivity index (χ1v) is 7.56. The number of rotatable bonds is 4. The number of hydrogen-bond acceptors (Lipinski definition) is 3. The number of halogens is 1. The lowest BCUT2D eigenvalue weighted by atomic mass is 10.2. The van der Waals surface area contributed by atoms with E-state index < -0.39 is 11.8 Å². The van der Waals surface area contributed by atoms with Crippen molar-refractivity contribution in [1.29, 1.82) is 0 Å². The summed E-state index contributed by atoms with van der Waals surface area (Å²) in [5.41, 5.74) is 0.551. The summed E-state index contributed by atoms with van der Waals surface area (Å²) in [6, 6.07) is 6.97. The zero-order chi connectivity index (χ0) is 15.2. The Morgan fingerprint density at radius 2 is 2.00 bits per heavy atom. The SMILES string of the molecule is CCN1CCC[C@@H]1CNC(=O)C(=O)Nc1ccc(Cl)cc1. The van der Waals surface area contributed by atoms with Gasteiger partial charge in [-0.15, -0.1) is 0 Å². The minimum atomic E-state index is -0.654. The molecule has 6 heteroatoms. The largest absolute Gasteiger partial charge is 0.346 e. The van der Waals surface area contributed by atoms with Crippen LogP contribution in [0.25, 0.3) is 0 Å². The van der Waals surface area contributed by atoms with Crippen LogP contribution in [0.4, 0.5) is 5.69 Å². The summed E-state index contributed by atoms with van der Waals surface area (Å²) in [6.07, 6.45) is 2.21. The van der Waals surface area contributed by atoms with Gasteiger partial charge in [0.25, 0.3) is 0 Å². The number of nitrogens with zero attached hydrogens (tertiary/aromatic N) is 1. The fraction of sp³-hybridized carbons (Fsp3) is 0.467. The van der Waals surface area contributed by atoms with Gasteiger partial charge in [0, 0.05) is 23.3 Å². The average molecular weight is 310 g/mol. The highest BCUT2D eigenvalue weighted by Crippen LogP contribution is 2.15. The molecule has 1 fully saturated rings. The maximum Gasteiger partial charge on any atom is 0.313 e. The van der Waals surface area contributed by atoms with Crippen molar-refractivity contribution in [2.45, 2.75) is 25.8 Å². The summed E-state index contributed by atoms with van der Waals surface area (Å²) in [5, 5.41) is 5.83. The van der Waals surface area contributed by atoms with Crippen molar-refractivity contribution in [1.82, 2.24) is 10.2 Å². The third-order valence-corrected chi connectivity index (χ3v) is 3.96. The fourth-order valence-corrected chi connectivity index (χ4v) is 2.68. The first kappa shape index (κ1) is 15.8.